The Morgan fingerprint density at radius 3 is 3.20 bits per heavy atom. The molecule has 0 radical (unpaired) electrons. The third-order valence-corrected chi connectivity index (χ3v) is 4.05. The zero-order valence-corrected chi connectivity index (χ0v) is 11.8. The number of nitrogens with one attached hydrogen (secondary N) is 2. The Balaban J connectivity index is 1.96. The van der Waals surface area contributed by atoms with Gasteiger partial charge in [-0.1, -0.05) is 11.6 Å². The summed E-state index contributed by atoms with van der Waals surface area (Å²) >= 11 is 6.13. The van der Waals surface area contributed by atoms with E-state index in [0.29, 0.717) is 5.02 Å². The van der Waals surface area contributed by atoms with Crippen molar-refractivity contribution in [2.24, 2.45) is 0 Å². The highest BCUT2D eigenvalue weighted by atomic mass is 35.5. The van der Waals surface area contributed by atoms with Gasteiger partial charge in [-0.3, -0.25) is 0 Å². The Morgan fingerprint density at radius 2 is 2.30 bits per heavy atom. The van der Waals surface area contributed by atoms with E-state index in [2.05, 4.69) is 24.7 Å². The third-order valence-electron chi connectivity index (χ3n) is 3.83. The van der Waals surface area contributed by atoms with Crippen LogP contribution in [-0.2, 0) is 6.42 Å². The fourth-order valence-electron chi connectivity index (χ4n) is 2.95. The molecule has 2 N–H and O–H groups in total. The highest BCUT2D eigenvalue weighted by Crippen LogP contribution is 2.29. The molecule has 0 spiro atoms. The molecule has 0 bridgehead atoms. The molecule has 0 aliphatic carbocycles. The monoisotopic (exact) mass is 287 g/mol. The molecule has 0 amide bonds. The van der Waals surface area contributed by atoms with Crippen molar-refractivity contribution in [1.29, 1.82) is 0 Å². The molecule has 1 unspecified atom stereocenters. The quantitative estimate of drug-likeness (QED) is 0.722. The molecule has 4 rings (SSSR count). The maximum Gasteiger partial charge on any atom is 0.137 e. The van der Waals surface area contributed by atoms with Crippen LogP contribution in [0, 0.1) is 6.92 Å². The first kappa shape index (κ1) is 11.9. The number of aromatic nitrogens is 4. The van der Waals surface area contributed by atoms with Crippen LogP contribution in [0.4, 0.5) is 0 Å². The SMILES string of the molecule is Cc1nc2ccc(Cl)cn2c1C1NCCc2[nH]cnc21. The summed E-state index contributed by atoms with van der Waals surface area (Å²) in [4.78, 5) is 12.3. The number of hydrogen-bond donors (Lipinski definition) is 2. The molecular formula is C14H14ClN5. The molecule has 0 saturated heterocycles. The van der Waals surface area contributed by atoms with Gasteiger partial charge in [0.1, 0.15) is 5.65 Å². The first-order valence-corrected chi connectivity index (χ1v) is 7.01. The van der Waals surface area contributed by atoms with Gasteiger partial charge >= 0.3 is 0 Å². The minimum absolute atomic E-state index is 0.0541. The number of nitrogens with zero attached hydrogens (tertiary/aromatic N) is 3. The average molecular weight is 288 g/mol. The lowest BCUT2D eigenvalue weighted by atomic mass is 10.0. The minimum atomic E-state index is 0.0541. The second-order valence-corrected chi connectivity index (χ2v) is 5.50. The molecule has 20 heavy (non-hydrogen) atoms. The topological polar surface area (TPSA) is 58.0 Å². The molecule has 4 heterocycles. The minimum Gasteiger partial charge on any atom is -0.348 e. The summed E-state index contributed by atoms with van der Waals surface area (Å²) in [5.41, 5.74) is 5.27. The van der Waals surface area contributed by atoms with Gasteiger partial charge in [-0.2, -0.15) is 0 Å². The first-order chi connectivity index (χ1) is 9.74. The van der Waals surface area contributed by atoms with Gasteiger partial charge in [-0.15, -0.1) is 0 Å². The van der Waals surface area contributed by atoms with Gasteiger partial charge in [0.05, 0.1) is 34.5 Å². The smallest absolute Gasteiger partial charge is 0.137 e. The van der Waals surface area contributed by atoms with E-state index in [-0.39, 0.29) is 6.04 Å². The zero-order valence-electron chi connectivity index (χ0n) is 11.0. The summed E-state index contributed by atoms with van der Waals surface area (Å²) in [5.74, 6) is 0. The number of H-pyrrole nitrogens is 1. The number of rotatable bonds is 1. The van der Waals surface area contributed by atoms with E-state index in [0.717, 1.165) is 35.7 Å². The molecule has 1 aliphatic rings. The average Bonchev–Trinajstić information content (AvgIpc) is 3.02. The van der Waals surface area contributed by atoms with E-state index in [9.17, 15) is 0 Å². The maximum atomic E-state index is 6.13. The lowest BCUT2D eigenvalue weighted by Gasteiger charge is -2.23. The summed E-state index contributed by atoms with van der Waals surface area (Å²) in [7, 11) is 0. The van der Waals surface area contributed by atoms with Crippen molar-refractivity contribution < 1.29 is 0 Å². The van der Waals surface area contributed by atoms with E-state index < -0.39 is 0 Å². The maximum absolute atomic E-state index is 6.13. The number of imidazole rings is 2. The number of hydrogen-bond acceptors (Lipinski definition) is 3. The number of fused-ring (bicyclic) bond motifs is 2. The number of halogens is 1. The molecule has 3 aromatic rings. The van der Waals surface area contributed by atoms with E-state index >= 15 is 0 Å². The Bertz CT molecular complexity index is 788. The van der Waals surface area contributed by atoms with Crippen molar-refractivity contribution in [2.45, 2.75) is 19.4 Å². The van der Waals surface area contributed by atoms with E-state index in [1.54, 1.807) is 6.33 Å². The highest BCUT2D eigenvalue weighted by Gasteiger charge is 2.28. The molecule has 0 aromatic carbocycles. The van der Waals surface area contributed by atoms with E-state index in [1.807, 2.05) is 25.3 Å². The summed E-state index contributed by atoms with van der Waals surface area (Å²) < 4.78 is 2.05. The van der Waals surface area contributed by atoms with Gasteiger partial charge in [0.25, 0.3) is 0 Å². The first-order valence-electron chi connectivity index (χ1n) is 6.63. The number of aromatic amines is 1. The Morgan fingerprint density at radius 1 is 1.40 bits per heavy atom. The van der Waals surface area contributed by atoms with Gasteiger partial charge < -0.3 is 14.7 Å². The molecule has 5 nitrogen and oxygen atoms in total. The summed E-state index contributed by atoms with van der Waals surface area (Å²) in [6.45, 7) is 2.95. The number of aryl methyl sites for hydroxylation is 1. The standard InChI is InChI=1S/C14H14ClN5/c1-8-14(20-6-9(15)2-3-11(20)19-8)13-12-10(4-5-16-13)17-7-18-12/h2-3,6-7,13,16H,4-5H2,1H3,(H,17,18). The van der Waals surface area contributed by atoms with Gasteiger partial charge in [0.2, 0.25) is 0 Å². The molecule has 0 saturated carbocycles. The van der Waals surface area contributed by atoms with Crippen LogP contribution in [0.25, 0.3) is 5.65 Å². The molecule has 0 fully saturated rings. The molecule has 1 atom stereocenters. The highest BCUT2D eigenvalue weighted by molar-refractivity contribution is 6.30. The Kier molecular flexibility index (Phi) is 2.58. The second kappa shape index (κ2) is 4.33. The van der Waals surface area contributed by atoms with Crippen molar-refractivity contribution in [3.8, 4) is 0 Å². The van der Waals surface area contributed by atoms with E-state index in [4.69, 9.17) is 11.6 Å². The summed E-state index contributed by atoms with van der Waals surface area (Å²) in [6.07, 6.45) is 4.65. The molecule has 3 aromatic heterocycles. The summed E-state index contributed by atoms with van der Waals surface area (Å²) in [5, 5.41) is 4.23. The molecule has 6 heteroatoms. The lowest BCUT2D eigenvalue weighted by molar-refractivity contribution is 0.538. The third kappa shape index (κ3) is 1.67. The molecular weight excluding hydrogens is 274 g/mol. The van der Waals surface area contributed by atoms with Crippen molar-refractivity contribution in [3.05, 3.63) is 52.5 Å². The van der Waals surface area contributed by atoms with Crippen LogP contribution >= 0.6 is 11.6 Å². The van der Waals surface area contributed by atoms with Crippen molar-refractivity contribution >= 4 is 17.2 Å². The van der Waals surface area contributed by atoms with Crippen LogP contribution in [0.1, 0.15) is 28.8 Å². The fourth-order valence-corrected chi connectivity index (χ4v) is 3.11. The Labute approximate surface area is 121 Å². The van der Waals surface area contributed by atoms with Gasteiger partial charge in [-0.25, -0.2) is 9.97 Å². The summed E-state index contributed by atoms with van der Waals surface area (Å²) in [6, 6.07) is 3.85. The molecule has 102 valence electrons. The Hall–Kier alpha value is -1.85. The van der Waals surface area contributed by atoms with Gasteiger partial charge in [0, 0.05) is 24.9 Å². The van der Waals surface area contributed by atoms with Crippen LogP contribution in [0.2, 0.25) is 5.02 Å². The van der Waals surface area contributed by atoms with Gasteiger partial charge in [-0.05, 0) is 19.1 Å². The van der Waals surface area contributed by atoms with Crippen LogP contribution < -0.4 is 5.32 Å². The van der Waals surface area contributed by atoms with Crippen LogP contribution in [-0.4, -0.2) is 25.9 Å². The number of pyridine rings is 1. The predicted molar refractivity (Wildman–Crippen MR) is 77.1 cm³/mol. The van der Waals surface area contributed by atoms with Crippen molar-refractivity contribution in [2.75, 3.05) is 6.54 Å². The normalized spacial score (nSPS) is 18.4. The van der Waals surface area contributed by atoms with Crippen LogP contribution in [0.15, 0.2) is 24.7 Å². The second-order valence-electron chi connectivity index (χ2n) is 5.06. The van der Waals surface area contributed by atoms with Crippen molar-refractivity contribution in [3.63, 3.8) is 0 Å². The predicted octanol–water partition coefficient (Wildman–Crippen LogP) is 2.25. The molecule has 1 aliphatic heterocycles. The van der Waals surface area contributed by atoms with E-state index in [1.165, 1.54) is 5.69 Å². The lowest BCUT2D eigenvalue weighted by Crippen LogP contribution is -2.32. The van der Waals surface area contributed by atoms with Crippen LogP contribution in [0.5, 0.6) is 0 Å². The zero-order chi connectivity index (χ0) is 13.7. The van der Waals surface area contributed by atoms with Crippen LogP contribution in [0.3, 0.4) is 0 Å². The largest absolute Gasteiger partial charge is 0.348 e. The fraction of sp³-hybridized carbons (Fsp3) is 0.286. The van der Waals surface area contributed by atoms with Gasteiger partial charge in [0.15, 0.2) is 0 Å². The van der Waals surface area contributed by atoms with Crippen molar-refractivity contribution in [1.82, 2.24) is 24.7 Å².